The first-order valence-electron chi connectivity index (χ1n) is 5.16. The third-order valence-corrected chi connectivity index (χ3v) is 2.93. The van der Waals surface area contributed by atoms with Crippen molar-refractivity contribution < 1.29 is 13.2 Å². The van der Waals surface area contributed by atoms with Crippen molar-refractivity contribution in [1.29, 1.82) is 0 Å². The largest absolute Gasteiger partial charge is 0.310 e. The molecule has 16 heavy (non-hydrogen) atoms. The van der Waals surface area contributed by atoms with Crippen molar-refractivity contribution in [2.45, 2.75) is 19.4 Å². The molecule has 1 rings (SSSR count). The minimum Gasteiger partial charge on any atom is -0.310 e. The van der Waals surface area contributed by atoms with E-state index in [1.165, 1.54) is 12.1 Å². The maximum absolute atomic E-state index is 12.9. The van der Waals surface area contributed by atoms with Crippen LogP contribution in [0.1, 0.15) is 24.9 Å². The number of nitrogens with one attached hydrogen (secondary N) is 1. The molecule has 0 bridgehead atoms. The zero-order chi connectivity index (χ0) is 12.0. The van der Waals surface area contributed by atoms with Gasteiger partial charge in [-0.05, 0) is 37.6 Å². The third-order valence-electron chi connectivity index (χ3n) is 2.29. The van der Waals surface area contributed by atoms with Crippen LogP contribution < -0.4 is 5.32 Å². The average molecular weight is 245 g/mol. The van der Waals surface area contributed by atoms with Crippen molar-refractivity contribution in [1.82, 2.24) is 5.32 Å². The average Bonchev–Trinajstić information content (AvgIpc) is 2.24. The fourth-order valence-corrected chi connectivity index (χ4v) is 1.80. The van der Waals surface area contributed by atoms with Gasteiger partial charge in [0.2, 0.25) is 0 Å². The van der Waals surface area contributed by atoms with Gasteiger partial charge in [-0.1, -0.05) is 12.1 Å². The zero-order valence-corrected chi connectivity index (χ0v) is 9.97. The fourth-order valence-electron chi connectivity index (χ4n) is 1.41. The Balaban J connectivity index is 2.35. The molecule has 1 aromatic carbocycles. The summed E-state index contributed by atoms with van der Waals surface area (Å²) in [5.74, 6) is 0.0192. The van der Waals surface area contributed by atoms with E-state index in [1.54, 1.807) is 6.07 Å². The first-order valence-corrected chi connectivity index (χ1v) is 6.43. The zero-order valence-electron chi connectivity index (χ0n) is 9.15. The first kappa shape index (κ1) is 13.3. The minimum absolute atomic E-state index is 0.0443. The summed E-state index contributed by atoms with van der Waals surface area (Å²) in [6, 6.07) is 6.46. The van der Waals surface area contributed by atoms with E-state index >= 15 is 0 Å². The molecule has 0 aliphatic rings. The Kier molecular flexibility index (Phi) is 5.59. The molecular formula is C11H16FNO2S. The Morgan fingerprint density at radius 2 is 2.31 bits per heavy atom. The Bertz CT molecular complexity index is 360. The topological polar surface area (TPSA) is 49.3 Å². The predicted octanol–water partition coefficient (Wildman–Crippen LogP) is 2.09. The highest BCUT2D eigenvalue weighted by atomic mass is 32.2. The predicted molar refractivity (Wildman–Crippen MR) is 63.1 cm³/mol. The normalized spacial score (nSPS) is 14.7. The highest BCUT2D eigenvalue weighted by Crippen LogP contribution is 2.12. The molecule has 0 aromatic heterocycles. The molecule has 90 valence electrons. The number of rotatable bonds is 6. The van der Waals surface area contributed by atoms with Crippen LogP contribution in [-0.4, -0.2) is 21.1 Å². The van der Waals surface area contributed by atoms with E-state index in [0.29, 0.717) is 13.0 Å². The van der Waals surface area contributed by atoms with Gasteiger partial charge in [0.25, 0.3) is 0 Å². The second-order valence-corrected chi connectivity index (χ2v) is 4.66. The molecule has 0 heterocycles. The standard InChI is InChI=1S/C11H16FNO2S/c1-9(13-6-3-7-16(14)15)10-4-2-5-11(12)8-10/h2,4-5,8-9,13H,3,6-7H2,1H3,(H,14,15). The second kappa shape index (κ2) is 6.73. The van der Waals surface area contributed by atoms with Crippen LogP contribution in [0.5, 0.6) is 0 Å². The molecule has 0 saturated carbocycles. The molecule has 0 fully saturated rings. The van der Waals surface area contributed by atoms with E-state index in [2.05, 4.69) is 5.32 Å². The number of benzene rings is 1. The van der Waals surface area contributed by atoms with Gasteiger partial charge in [-0.15, -0.1) is 0 Å². The van der Waals surface area contributed by atoms with Gasteiger partial charge in [-0.2, -0.15) is 0 Å². The Morgan fingerprint density at radius 1 is 1.56 bits per heavy atom. The van der Waals surface area contributed by atoms with Crippen molar-refractivity contribution in [3.63, 3.8) is 0 Å². The van der Waals surface area contributed by atoms with Gasteiger partial charge in [0.15, 0.2) is 11.1 Å². The van der Waals surface area contributed by atoms with E-state index < -0.39 is 11.1 Å². The molecule has 5 heteroatoms. The van der Waals surface area contributed by atoms with Crippen molar-refractivity contribution >= 4 is 11.1 Å². The molecule has 1 aromatic rings. The van der Waals surface area contributed by atoms with Crippen molar-refractivity contribution in [2.24, 2.45) is 0 Å². The Morgan fingerprint density at radius 3 is 2.94 bits per heavy atom. The summed E-state index contributed by atoms with van der Waals surface area (Å²) in [5, 5.41) is 3.17. The highest BCUT2D eigenvalue weighted by Gasteiger charge is 2.05. The molecule has 0 saturated heterocycles. The SMILES string of the molecule is CC(NCCCS(=O)O)c1cccc(F)c1. The van der Waals surface area contributed by atoms with E-state index in [9.17, 15) is 8.60 Å². The van der Waals surface area contributed by atoms with Crippen LogP contribution in [0.15, 0.2) is 24.3 Å². The highest BCUT2D eigenvalue weighted by molar-refractivity contribution is 7.79. The molecule has 2 N–H and O–H groups in total. The lowest BCUT2D eigenvalue weighted by molar-refractivity contribution is 0.543. The van der Waals surface area contributed by atoms with Crippen LogP contribution >= 0.6 is 0 Å². The maximum Gasteiger partial charge on any atom is 0.152 e. The molecular weight excluding hydrogens is 229 g/mol. The quantitative estimate of drug-likeness (QED) is 0.596. The smallest absolute Gasteiger partial charge is 0.152 e. The fraction of sp³-hybridized carbons (Fsp3) is 0.455. The third kappa shape index (κ3) is 4.83. The molecule has 0 radical (unpaired) electrons. The van der Waals surface area contributed by atoms with Gasteiger partial charge in [0.05, 0.1) is 5.75 Å². The summed E-state index contributed by atoms with van der Waals surface area (Å²) in [6.07, 6.45) is 0.628. The summed E-state index contributed by atoms with van der Waals surface area (Å²) in [7, 11) is 0. The number of halogens is 1. The summed E-state index contributed by atoms with van der Waals surface area (Å²) in [6.45, 7) is 2.58. The van der Waals surface area contributed by atoms with Crippen molar-refractivity contribution in [3.05, 3.63) is 35.6 Å². The molecule has 0 aliphatic heterocycles. The summed E-state index contributed by atoms with van der Waals surface area (Å²) in [5.41, 5.74) is 0.880. The first-order chi connectivity index (χ1) is 7.59. The van der Waals surface area contributed by atoms with E-state index in [4.69, 9.17) is 4.55 Å². The van der Waals surface area contributed by atoms with Gasteiger partial charge in [-0.25, -0.2) is 8.60 Å². The minimum atomic E-state index is -1.73. The molecule has 2 atom stereocenters. The van der Waals surface area contributed by atoms with Crippen molar-refractivity contribution in [2.75, 3.05) is 12.3 Å². The Labute approximate surface area is 97.3 Å². The molecule has 0 aliphatic carbocycles. The van der Waals surface area contributed by atoms with Gasteiger partial charge in [0.1, 0.15) is 5.82 Å². The van der Waals surface area contributed by atoms with Gasteiger partial charge in [-0.3, -0.25) is 0 Å². The van der Waals surface area contributed by atoms with Crippen LogP contribution in [-0.2, 0) is 11.1 Å². The van der Waals surface area contributed by atoms with Crippen LogP contribution in [0.4, 0.5) is 4.39 Å². The number of hydrogen-bond donors (Lipinski definition) is 2. The molecule has 2 unspecified atom stereocenters. The van der Waals surface area contributed by atoms with Gasteiger partial charge >= 0.3 is 0 Å². The summed E-state index contributed by atoms with van der Waals surface area (Å²) >= 11 is -1.73. The van der Waals surface area contributed by atoms with E-state index in [1.807, 2.05) is 13.0 Å². The van der Waals surface area contributed by atoms with E-state index in [-0.39, 0.29) is 17.6 Å². The van der Waals surface area contributed by atoms with Crippen molar-refractivity contribution in [3.8, 4) is 0 Å². The van der Waals surface area contributed by atoms with Crippen LogP contribution in [0.2, 0.25) is 0 Å². The van der Waals surface area contributed by atoms with Crippen LogP contribution in [0.25, 0.3) is 0 Å². The lowest BCUT2D eigenvalue weighted by atomic mass is 10.1. The lowest BCUT2D eigenvalue weighted by Crippen LogP contribution is -2.21. The molecule has 0 spiro atoms. The molecule has 0 amide bonds. The Hall–Kier alpha value is -0.780. The summed E-state index contributed by atoms with van der Waals surface area (Å²) in [4.78, 5) is 0. The lowest BCUT2D eigenvalue weighted by Gasteiger charge is -2.13. The monoisotopic (exact) mass is 245 g/mol. The second-order valence-electron chi connectivity index (χ2n) is 3.61. The maximum atomic E-state index is 12.9. The van der Waals surface area contributed by atoms with Crippen LogP contribution in [0, 0.1) is 5.82 Å². The summed E-state index contributed by atoms with van der Waals surface area (Å²) < 4.78 is 31.9. The van der Waals surface area contributed by atoms with Crippen LogP contribution in [0.3, 0.4) is 0 Å². The number of hydrogen-bond acceptors (Lipinski definition) is 2. The molecule has 3 nitrogen and oxygen atoms in total. The van der Waals surface area contributed by atoms with Gasteiger partial charge in [0, 0.05) is 6.04 Å². The van der Waals surface area contributed by atoms with Gasteiger partial charge < -0.3 is 9.87 Å². The van der Waals surface area contributed by atoms with E-state index in [0.717, 1.165) is 5.56 Å².